The van der Waals surface area contributed by atoms with E-state index in [9.17, 15) is 8.42 Å². The van der Waals surface area contributed by atoms with Gasteiger partial charge in [0.15, 0.2) is 9.84 Å². The number of rotatable bonds is 7. The van der Waals surface area contributed by atoms with E-state index in [0.717, 1.165) is 45.1 Å². The van der Waals surface area contributed by atoms with Crippen LogP contribution in [-0.2, 0) is 9.84 Å². The van der Waals surface area contributed by atoms with E-state index in [1.54, 1.807) is 0 Å². The molecule has 0 heterocycles. The van der Waals surface area contributed by atoms with Gasteiger partial charge in [0.1, 0.15) is 0 Å². The fourth-order valence-electron chi connectivity index (χ4n) is 2.72. The third kappa shape index (κ3) is 4.96. The van der Waals surface area contributed by atoms with Gasteiger partial charge in [-0.3, -0.25) is 0 Å². The van der Waals surface area contributed by atoms with Crippen LogP contribution in [0.5, 0.6) is 0 Å². The average molecular weight is 261 g/mol. The van der Waals surface area contributed by atoms with Gasteiger partial charge in [0.25, 0.3) is 0 Å². The van der Waals surface area contributed by atoms with Crippen molar-refractivity contribution in [1.82, 2.24) is 5.32 Å². The van der Waals surface area contributed by atoms with Crippen molar-refractivity contribution in [3.05, 3.63) is 0 Å². The third-order valence-corrected chi connectivity index (χ3v) is 5.98. The maximum Gasteiger partial charge on any atom is 0.154 e. The summed E-state index contributed by atoms with van der Waals surface area (Å²) in [5.41, 5.74) is 0. The standard InChI is InChI=1S/C13H27NO2S/c1-3-8-12(14-4-2)11-17(15,16)13-9-6-5-7-10-13/h12-14H,3-11H2,1-2H3. The Morgan fingerprint density at radius 1 is 1.18 bits per heavy atom. The van der Waals surface area contributed by atoms with E-state index in [0.29, 0.717) is 5.75 Å². The van der Waals surface area contributed by atoms with E-state index < -0.39 is 9.84 Å². The minimum absolute atomic E-state index is 0.0609. The molecule has 1 fully saturated rings. The lowest BCUT2D eigenvalue weighted by Gasteiger charge is -2.25. The maximum atomic E-state index is 12.3. The molecule has 4 heteroatoms. The molecule has 0 aromatic rings. The predicted molar refractivity (Wildman–Crippen MR) is 73.0 cm³/mol. The molecular formula is C13H27NO2S. The predicted octanol–water partition coefficient (Wildman–Crippen LogP) is 2.51. The largest absolute Gasteiger partial charge is 0.313 e. The van der Waals surface area contributed by atoms with Gasteiger partial charge in [-0.2, -0.15) is 0 Å². The Hall–Kier alpha value is -0.0900. The van der Waals surface area contributed by atoms with Crippen molar-refractivity contribution >= 4 is 9.84 Å². The molecule has 1 N–H and O–H groups in total. The lowest BCUT2D eigenvalue weighted by molar-refractivity contribution is 0.470. The summed E-state index contributed by atoms with van der Waals surface area (Å²) in [4.78, 5) is 0. The van der Waals surface area contributed by atoms with Gasteiger partial charge in [-0.25, -0.2) is 8.42 Å². The molecule has 0 radical (unpaired) electrons. The van der Waals surface area contributed by atoms with Crippen LogP contribution in [0.3, 0.4) is 0 Å². The van der Waals surface area contributed by atoms with Gasteiger partial charge in [-0.15, -0.1) is 0 Å². The molecule has 0 amide bonds. The summed E-state index contributed by atoms with van der Waals surface area (Å²) in [7, 11) is -2.89. The van der Waals surface area contributed by atoms with E-state index in [2.05, 4.69) is 12.2 Å². The molecule has 1 aliphatic rings. The Bertz CT molecular complexity index is 289. The molecule has 1 saturated carbocycles. The molecule has 0 bridgehead atoms. The summed E-state index contributed by atoms with van der Waals surface area (Å²) >= 11 is 0. The van der Waals surface area contributed by atoms with E-state index in [4.69, 9.17) is 0 Å². The highest BCUT2D eigenvalue weighted by Gasteiger charge is 2.29. The first kappa shape index (κ1) is 15.0. The zero-order chi connectivity index (χ0) is 12.7. The van der Waals surface area contributed by atoms with E-state index in [1.165, 1.54) is 6.42 Å². The van der Waals surface area contributed by atoms with Gasteiger partial charge >= 0.3 is 0 Å². The van der Waals surface area contributed by atoms with Crippen LogP contribution >= 0.6 is 0 Å². The van der Waals surface area contributed by atoms with Crippen LogP contribution in [0.2, 0.25) is 0 Å². The number of sulfone groups is 1. The van der Waals surface area contributed by atoms with Gasteiger partial charge < -0.3 is 5.32 Å². The second-order valence-electron chi connectivity index (χ2n) is 5.13. The van der Waals surface area contributed by atoms with Gasteiger partial charge in [0, 0.05) is 6.04 Å². The summed E-state index contributed by atoms with van der Waals surface area (Å²) in [6.45, 7) is 5.00. The van der Waals surface area contributed by atoms with E-state index >= 15 is 0 Å². The first-order chi connectivity index (χ1) is 8.10. The SMILES string of the molecule is CCCC(CS(=O)(=O)C1CCCCC1)NCC. The van der Waals surface area contributed by atoms with Gasteiger partial charge in [-0.05, 0) is 25.8 Å². The fourth-order valence-corrected chi connectivity index (χ4v) is 4.89. The molecular weight excluding hydrogens is 234 g/mol. The Morgan fingerprint density at radius 2 is 1.82 bits per heavy atom. The Labute approximate surface area is 106 Å². The van der Waals surface area contributed by atoms with Crippen molar-refractivity contribution in [3.8, 4) is 0 Å². The van der Waals surface area contributed by atoms with E-state index in [1.807, 2.05) is 6.92 Å². The molecule has 0 saturated heterocycles. The van der Waals surface area contributed by atoms with Gasteiger partial charge in [0.2, 0.25) is 0 Å². The highest BCUT2D eigenvalue weighted by Crippen LogP contribution is 2.24. The van der Waals surface area contributed by atoms with Crippen LogP contribution in [0.1, 0.15) is 58.8 Å². The first-order valence-corrected chi connectivity index (χ1v) is 8.76. The van der Waals surface area contributed by atoms with Crippen LogP contribution < -0.4 is 5.32 Å². The third-order valence-electron chi connectivity index (χ3n) is 3.62. The van der Waals surface area contributed by atoms with Crippen molar-refractivity contribution in [2.24, 2.45) is 0 Å². The van der Waals surface area contributed by atoms with Crippen molar-refractivity contribution in [2.75, 3.05) is 12.3 Å². The zero-order valence-electron chi connectivity index (χ0n) is 11.2. The van der Waals surface area contributed by atoms with Crippen LogP contribution in [0, 0.1) is 0 Å². The normalized spacial score (nSPS) is 20.4. The number of nitrogens with one attached hydrogen (secondary N) is 1. The molecule has 3 nitrogen and oxygen atoms in total. The summed E-state index contributed by atoms with van der Waals surface area (Å²) in [5.74, 6) is 0.333. The molecule has 17 heavy (non-hydrogen) atoms. The quantitative estimate of drug-likeness (QED) is 0.766. The highest BCUT2D eigenvalue weighted by atomic mass is 32.2. The Kier molecular flexibility index (Phi) is 6.49. The topological polar surface area (TPSA) is 46.2 Å². The monoisotopic (exact) mass is 261 g/mol. The van der Waals surface area contributed by atoms with Crippen LogP contribution in [0.25, 0.3) is 0 Å². The van der Waals surface area contributed by atoms with Gasteiger partial charge in [0.05, 0.1) is 11.0 Å². The summed E-state index contributed by atoms with van der Waals surface area (Å²) in [6.07, 6.45) is 7.14. The highest BCUT2D eigenvalue weighted by molar-refractivity contribution is 7.92. The minimum Gasteiger partial charge on any atom is -0.313 e. The maximum absolute atomic E-state index is 12.3. The Morgan fingerprint density at radius 3 is 2.35 bits per heavy atom. The van der Waals surface area contributed by atoms with Crippen LogP contribution in [0.4, 0.5) is 0 Å². The van der Waals surface area contributed by atoms with Crippen LogP contribution in [-0.4, -0.2) is 32.0 Å². The van der Waals surface area contributed by atoms with Crippen molar-refractivity contribution in [3.63, 3.8) is 0 Å². The minimum atomic E-state index is -2.89. The molecule has 0 aliphatic heterocycles. The van der Waals surface area contributed by atoms with Crippen molar-refractivity contribution in [1.29, 1.82) is 0 Å². The molecule has 0 aromatic heterocycles. The lowest BCUT2D eigenvalue weighted by atomic mass is 10.0. The molecule has 1 aliphatic carbocycles. The molecule has 102 valence electrons. The zero-order valence-corrected chi connectivity index (χ0v) is 12.1. The molecule has 1 rings (SSSR count). The second kappa shape index (κ2) is 7.37. The Balaban J connectivity index is 2.55. The fraction of sp³-hybridized carbons (Fsp3) is 1.00. The smallest absolute Gasteiger partial charge is 0.154 e. The van der Waals surface area contributed by atoms with Gasteiger partial charge in [-0.1, -0.05) is 39.5 Å². The summed E-state index contributed by atoms with van der Waals surface area (Å²) in [6, 6.07) is 0.150. The van der Waals surface area contributed by atoms with Crippen LogP contribution in [0.15, 0.2) is 0 Å². The summed E-state index contributed by atoms with van der Waals surface area (Å²) in [5, 5.41) is 3.24. The van der Waals surface area contributed by atoms with E-state index in [-0.39, 0.29) is 11.3 Å². The molecule has 1 atom stereocenters. The molecule has 0 aromatic carbocycles. The lowest BCUT2D eigenvalue weighted by Crippen LogP contribution is -2.39. The first-order valence-electron chi connectivity index (χ1n) is 7.05. The molecule has 0 spiro atoms. The molecule has 1 unspecified atom stereocenters. The summed E-state index contributed by atoms with van der Waals surface area (Å²) < 4.78 is 24.6. The second-order valence-corrected chi connectivity index (χ2v) is 7.46. The number of hydrogen-bond acceptors (Lipinski definition) is 3. The average Bonchev–Trinajstić information content (AvgIpc) is 2.30. The van der Waals surface area contributed by atoms with Crippen molar-refractivity contribution in [2.45, 2.75) is 70.1 Å². The number of hydrogen-bond donors (Lipinski definition) is 1. The van der Waals surface area contributed by atoms with Crippen molar-refractivity contribution < 1.29 is 8.42 Å².